The second-order valence-corrected chi connectivity index (χ2v) is 6.93. The van der Waals surface area contributed by atoms with Crippen molar-refractivity contribution in [2.75, 3.05) is 86.1 Å². The van der Waals surface area contributed by atoms with Crippen LogP contribution < -0.4 is 5.32 Å². The highest BCUT2D eigenvalue weighted by atomic mass is 16.6. The average Bonchev–Trinajstić information content (AvgIpc) is 2.79. The molecule has 0 radical (unpaired) electrons. The van der Waals surface area contributed by atoms with Crippen LogP contribution in [-0.2, 0) is 30.2 Å². The van der Waals surface area contributed by atoms with Gasteiger partial charge in [0.25, 0.3) is 5.69 Å². The Kier molecular flexibility index (Phi) is 12.7. The third-order valence-electron chi connectivity index (χ3n) is 4.55. The van der Waals surface area contributed by atoms with Gasteiger partial charge in [0.15, 0.2) is 5.69 Å². The maximum absolute atomic E-state index is 11.9. The summed E-state index contributed by atoms with van der Waals surface area (Å²) in [6, 6.07) is 2.46. The van der Waals surface area contributed by atoms with Crippen LogP contribution in [0.25, 0.3) is 0 Å². The van der Waals surface area contributed by atoms with Crippen LogP contribution in [-0.4, -0.2) is 107 Å². The van der Waals surface area contributed by atoms with Crippen molar-refractivity contribution in [1.82, 2.24) is 15.2 Å². The highest BCUT2D eigenvalue weighted by molar-refractivity contribution is 5.87. The normalized spacial score (nSPS) is 18.9. The van der Waals surface area contributed by atoms with E-state index >= 15 is 0 Å². The molecule has 32 heavy (non-hydrogen) atoms. The molecule has 0 bridgehead atoms. The summed E-state index contributed by atoms with van der Waals surface area (Å²) in [5, 5.41) is 14.5. The van der Waals surface area contributed by atoms with Crippen LogP contribution in [0.5, 0.6) is 0 Å². The first-order valence-corrected chi connectivity index (χ1v) is 10.6. The topological polar surface area (TPSA) is 135 Å². The van der Waals surface area contributed by atoms with E-state index in [4.69, 9.17) is 18.9 Å². The van der Waals surface area contributed by atoms with Gasteiger partial charge in [-0.1, -0.05) is 0 Å². The number of ether oxygens (including phenoxy) is 5. The van der Waals surface area contributed by atoms with Gasteiger partial charge in [0.05, 0.1) is 70.6 Å². The van der Waals surface area contributed by atoms with E-state index in [2.05, 4.69) is 15.0 Å². The molecule has 1 fully saturated rings. The van der Waals surface area contributed by atoms with Crippen LogP contribution >= 0.6 is 0 Å². The van der Waals surface area contributed by atoms with Crippen molar-refractivity contribution in [2.24, 2.45) is 0 Å². The number of nitrogens with one attached hydrogen (secondary N) is 1. The maximum Gasteiger partial charge on any atom is 0.356 e. The first-order chi connectivity index (χ1) is 15.6. The molecule has 0 saturated carbocycles. The molecule has 0 spiro atoms. The molecule has 1 N–H and O–H groups in total. The lowest BCUT2D eigenvalue weighted by atomic mass is 10.2. The molecule has 1 aliphatic rings. The molecule has 0 amide bonds. The first-order valence-electron chi connectivity index (χ1n) is 10.6. The Bertz CT molecular complexity index is 688. The fourth-order valence-corrected chi connectivity index (χ4v) is 2.91. The Labute approximate surface area is 187 Å². The predicted molar refractivity (Wildman–Crippen MR) is 114 cm³/mol. The Balaban J connectivity index is 1.99. The number of hydrogen-bond donors (Lipinski definition) is 1. The van der Waals surface area contributed by atoms with Crippen LogP contribution in [0.4, 0.5) is 5.69 Å². The van der Waals surface area contributed by atoms with Crippen LogP contribution in [0.15, 0.2) is 12.1 Å². The quantitative estimate of drug-likeness (QED) is 0.379. The molecule has 12 nitrogen and oxygen atoms in total. The van der Waals surface area contributed by atoms with E-state index in [9.17, 15) is 14.9 Å². The minimum absolute atomic E-state index is 0.102. The number of pyridine rings is 1. The zero-order valence-electron chi connectivity index (χ0n) is 18.5. The Morgan fingerprint density at radius 2 is 1.59 bits per heavy atom. The Morgan fingerprint density at radius 1 is 1.03 bits per heavy atom. The van der Waals surface area contributed by atoms with Crippen LogP contribution in [0, 0.1) is 10.1 Å². The Morgan fingerprint density at radius 3 is 2.12 bits per heavy atom. The Hall–Kier alpha value is -2.22. The van der Waals surface area contributed by atoms with Crippen molar-refractivity contribution in [3.63, 3.8) is 0 Å². The molecule has 1 aromatic rings. The van der Waals surface area contributed by atoms with E-state index in [0.717, 1.165) is 19.2 Å². The van der Waals surface area contributed by atoms with Crippen molar-refractivity contribution in [3.8, 4) is 0 Å². The lowest BCUT2D eigenvalue weighted by Gasteiger charge is -2.22. The predicted octanol–water partition coefficient (Wildman–Crippen LogP) is 0.248. The van der Waals surface area contributed by atoms with Crippen molar-refractivity contribution in [3.05, 3.63) is 33.6 Å². The molecule has 12 heteroatoms. The standard InChI is InChI=1S/C20H32N4O8/c1-28-20(25)19-15-18(24(26)27)14-17(22-19)16-23-4-8-31-12-10-29-6-2-21-3-7-30-11-13-32-9-5-23/h14-15,21H,2-13,16H2,1H3. The summed E-state index contributed by atoms with van der Waals surface area (Å²) < 4.78 is 26.9. The average molecular weight is 456 g/mol. The van der Waals surface area contributed by atoms with Gasteiger partial charge in [-0.3, -0.25) is 15.0 Å². The molecular weight excluding hydrogens is 424 g/mol. The number of aromatic nitrogens is 1. The number of hydrogen-bond acceptors (Lipinski definition) is 11. The van der Waals surface area contributed by atoms with E-state index in [1.807, 2.05) is 4.90 Å². The third kappa shape index (κ3) is 10.4. The number of carbonyl (C=O) groups is 1. The molecule has 1 aliphatic heterocycles. The number of nitro groups is 1. The van der Waals surface area contributed by atoms with E-state index in [-0.39, 0.29) is 17.9 Å². The summed E-state index contributed by atoms with van der Waals surface area (Å²) in [5.74, 6) is -0.725. The van der Waals surface area contributed by atoms with E-state index in [1.54, 1.807) is 0 Å². The SMILES string of the molecule is COC(=O)c1cc([N+](=O)[O-])cc(CN2CCOCCOCCNCCOCCOCC2)n1. The van der Waals surface area contributed by atoms with Crippen LogP contribution in [0.1, 0.15) is 16.2 Å². The summed E-state index contributed by atoms with van der Waals surface area (Å²) >= 11 is 0. The monoisotopic (exact) mass is 456 g/mol. The van der Waals surface area contributed by atoms with Crippen molar-refractivity contribution in [2.45, 2.75) is 6.54 Å². The molecule has 2 rings (SSSR count). The second kappa shape index (κ2) is 15.6. The molecule has 1 saturated heterocycles. The molecule has 0 atom stereocenters. The number of carbonyl (C=O) groups excluding carboxylic acids is 1. The highest BCUT2D eigenvalue weighted by Crippen LogP contribution is 2.16. The van der Waals surface area contributed by atoms with Gasteiger partial charge in [0.2, 0.25) is 0 Å². The van der Waals surface area contributed by atoms with Crippen molar-refractivity contribution < 1.29 is 33.4 Å². The fourth-order valence-electron chi connectivity index (χ4n) is 2.91. The number of methoxy groups -OCH3 is 1. The number of rotatable bonds is 4. The maximum atomic E-state index is 11.9. The van der Waals surface area contributed by atoms with Crippen LogP contribution in [0.2, 0.25) is 0 Å². The third-order valence-corrected chi connectivity index (χ3v) is 4.55. The fraction of sp³-hybridized carbons (Fsp3) is 0.700. The first kappa shape index (κ1) is 26.0. The summed E-state index contributed by atoms with van der Waals surface area (Å²) in [5.41, 5.74) is 0.0726. The number of esters is 1. The summed E-state index contributed by atoms with van der Waals surface area (Å²) in [7, 11) is 1.20. The van der Waals surface area contributed by atoms with Gasteiger partial charge >= 0.3 is 5.97 Å². The lowest BCUT2D eigenvalue weighted by Crippen LogP contribution is -2.32. The molecule has 0 aromatic carbocycles. The van der Waals surface area contributed by atoms with Crippen molar-refractivity contribution in [1.29, 1.82) is 0 Å². The summed E-state index contributed by atoms with van der Waals surface area (Å²) in [6.45, 7) is 6.91. The van der Waals surface area contributed by atoms with E-state index in [1.165, 1.54) is 13.2 Å². The van der Waals surface area contributed by atoms with Gasteiger partial charge in [-0.05, 0) is 0 Å². The molecule has 2 heterocycles. The van der Waals surface area contributed by atoms with Gasteiger partial charge < -0.3 is 29.0 Å². The minimum atomic E-state index is -0.725. The highest BCUT2D eigenvalue weighted by Gasteiger charge is 2.18. The van der Waals surface area contributed by atoms with Gasteiger partial charge in [0.1, 0.15) is 0 Å². The zero-order valence-corrected chi connectivity index (χ0v) is 18.5. The zero-order chi connectivity index (χ0) is 23.0. The van der Waals surface area contributed by atoms with E-state index in [0.29, 0.717) is 71.6 Å². The molecule has 0 aliphatic carbocycles. The molecule has 1 aromatic heterocycles. The molecule has 0 unspecified atom stereocenters. The smallest absolute Gasteiger partial charge is 0.356 e. The second-order valence-electron chi connectivity index (χ2n) is 6.93. The summed E-state index contributed by atoms with van der Waals surface area (Å²) in [4.78, 5) is 28.8. The lowest BCUT2D eigenvalue weighted by molar-refractivity contribution is -0.385. The van der Waals surface area contributed by atoms with E-state index < -0.39 is 10.9 Å². The van der Waals surface area contributed by atoms with Gasteiger partial charge in [-0.25, -0.2) is 9.78 Å². The van der Waals surface area contributed by atoms with Gasteiger partial charge in [-0.15, -0.1) is 0 Å². The van der Waals surface area contributed by atoms with Gasteiger partial charge in [-0.2, -0.15) is 0 Å². The van der Waals surface area contributed by atoms with Gasteiger partial charge in [0, 0.05) is 44.9 Å². The number of nitrogens with zero attached hydrogens (tertiary/aromatic N) is 3. The van der Waals surface area contributed by atoms with Crippen LogP contribution in [0.3, 0.4) is 0 Å². The molecule has 180 valence electrons. The van der Waals surface area contributed by atoms with Crippen molar-refractivity contribution >= 4 is 11.7 Å². The minimum Gasteiger partial charge on any atom is -0.464 e. The largest absolute Gasteiger partial charge is 0.464 e. The molecular formula is C20H32N4O8. The summed E-state index contributed by atoms with van der Waals surface area (Å²) in [6.07, 6.45) is 0.